The molecule has 1 heterocycles. The number of aromatic nitrogens is 3. The van der Waals surface area contributed by atoms with Crippen LogP contribution in [0.1, 0.15) is 23.1 Å². The maximum atomic E-state index is 12.9. The van der Waals surface area contributed by atoms with Gasteiger partial charge in [-0.15, -0.1) is 10.2 Å². The van der Waals surface area contributed by atoms with E-state index in [4.69, 9.17) is 16.3 Å². The molecule has 42 heavy (non-hydrogen) atoms. The first kappa shape index (κ1) is 31.0. The number of nitrogens with one attached hydrogen (secondary N) is 2. The molecular weight excluding hydrogens is 600 g/mol. The molecule has 0 radical (unpaired) electrons. The van der Waals surface area contributed by atoms with Crippen molar-refractivity contribution in [2.45, 2.75) is 23.5 Å². The molecule has 2 N–H and O–H groups in total. The summed E-state index contributed by atoms with van der Waals surface area (Å²) in [5.74, 6) is 0.522. The van der Waals surface area contributed by atoms with Gasteiger partial charge in [-0.2, -0.15) is 0 Å². The Morgan fingerprint density at radius 2 is 1.74 bits per heavy atom. The Labute approximate surface area is 253 Å². The van der Waals surface area contributed by atoms with Crippen molar-refractivity contribution in [3.63, 3.8) is 0 Å². The van der Waals surface area contributed by atoms with Crippen LogP contribution >= 0.6 is 23.4 Å². The minimum absolute atomic E-state index is 0.00896. The molecule has 11 nitrogen and oxygen atoms in total. The Bertz CT molecular complexity index is 1660. The predicted molar refractivity (Wildman–Crippen MR) is 162 cm³/mol. The Morgan fingerprint density at radius 1 is 1.02 bits per heavy atom. The largest absolute Gasteiger partial charge is 0.494 e. The van der Waals surface area contributed by atoms with Crippen molar-refractivity contribution in [3.8, 4) is 11.4 Å². The molecule has 0 spiro atoms. The first-order valence-corrected chi connectivity index (χ1v) is 15.6. The van der Waals surface area contributed by atoms with Gasteiger partial charge in [-0.1, -0.05) is 29.4 Å². The number of thioether (sulfide) groups is 1. The average molecular weight is 629 g/mol. The van der Waals surface area contributed by atoms with Gasteiger partial charge >= 0.3 is 0 Å². The fourth-order valence-corrected chi connectivity index (χ4v) is 5.62. The number of carbonyl (C=O) groups excluding carboxylic acids is 2. The molecule has 0 atom stereocenters. The highest BCUT2D eigenvalue weighted by molar-refractivity contribution is 7.99. The van der Waals surface area contributed by atoms with E-state index in [1.807, 2.05) is 13.0 Å². The zero-order valence-corrected chi connectivity index (χ0v) is 25.5. The summed E-state index contributed by atoms with van der Waals surface area (Å²) in [5, 5.41) is 15.1. The number of carbonyl (C=O) groups is 2. The molecule has 1 aromatic heterocycles. The number of benzene rings is 3. The third-order valence-corrected chi connectivity index (χ3v) is 8.84. The molecule has 220 valence electrons. The number of amides is 2. The summed E-state index contributed by atoms with van der Waals surface area (Å²) in [5.41, 5.74) is 1.57. The summed E-state index contributed by atoms with van der Waals surface area (Å²) in [6, 6.07) is 19.8. The first-order valence-electron chi connectivity index (χ1n) is 12.7. The van der Waals surface area contributed by atoms with Crippen LogP contribution in [0.4, 0.5) is 5.69 Å². The van der Waals surface area contributed by atoms with Gasteiger partial charge in [-0.3, -0.25) is 14.2 Å². The van der Waals surface area contributed by atoms with Crippen LogP contribution in [0.2, 0.25) is 5.02 Å². The van der Waals surface area contributed by atoms with Crippen molar-refractivity contribution < 1.29 is 22.7 Å². The Hall–Kier alpha value is -3.91. The van der Waals surface area contributed by atoms with Crippen LogP contribution in [0, 0.1) is 0 Å². The number of hydrogen-bond donors (Lipinski definition) is 2. The summed E-state index contributed by atoms with van der Waals surface area (Å²) in [7, 11) is -0.737. The van der Waals surface area contributed by atoms with Gasteiger partial charge in [-0.25, -0.2) is 12.7 Å². The summed E-state index contributed by atoms with van der Waals surface area (Å²) in [4.78, 5) is 25.6. The Kier molecular flexibility index (Phi) is 10.2. The molecule has 3 aromatic carbocycles. The third-order valence-electron chi connectivity index (χ3n) is 5.85. The molecule has 0 saturated carbocycles. The number of sulfonamides is 1. The van der Waals surface area contributed by atoms with Crippen LogP contribution in [0.3, 0.4) is 0 Å². The smallest absolute Gasteiger partial charge is 0.251 e. The second kappa shape index (κ2) is 13.8. The van der Waals surface area contributed by atoms with Gasteiger partial charge in [0.25, 0.3) is 5.91 Å². The van der Waals surface area contributed by atoms with E-state index in [2.05, 4.69) is 20.8 Å². The lowest BCUT2D eigenvalue weighted by Gasteiger charge is -2.12. The first-order chi connectivity index (χ1) is 20.1. The summed E-state index contributed by atoms with van der Waals surface area (Å²) < 4.78 is 32.9. The van der Waals surface area contributed by atoms with Crippen LogP contribution in [-0.2, 0) is 21.4 Å². The van der Waals surface area contributed by atoms with E-state index in [0.29, 0.717) is 39.7 Å². The van der Waals surface area contributed by atoms with Crippen LogP contribution in [0.5, 0.6) is 5.75 Å². The van der Waals surface area contributed by atoms with E-state index in [9.17, 15) is 18.0 Å². The topological polar surface area (TPSA) is 136 Å². The van der Waals surface area contributed by atoms with Gasteiger partial charge in [-0.05, 0) is 73.7 Å². The van der Waals surface area contributed by atoms with Crippen LogP contribution in [0.25, 0.3) is 5.69 Å². The molecule has 0 aliphatic rings. The van der Waals surface area contributed by atoms with Crippen molar-refractivity contribution in [2.24, 2.45) is 0 Å². The summed E-state index contributed by atoms with van der Waals surface area (Å²) >= 11 is 7.42. The fraction of sp³-hybridized carbons (Fsp3) is 0.214. The van der Waals surface area contributed by atoms with Gasteiger partial charge in [0, 0.05) is 30.4 Å². The number of rotatable bonds is 12. The highest BCUT2D eigenvalue weighted by Gasteiger charge is 2.19. The zero-order chi connectivity index (χ0) is 30.3. The number of halogens is 1. The van der Waals surface area contributed by atoms with E-state index in [-0.39, 0.29) is 28.7 Å². The minimum atomic E-state index is -3.61. The van der Waals surface area contributed by atoms with Gasteiger partial charge in [0.05, 0.1) is 29.5 Å². The molecule has 4 rings (SSSR count). The average Bonchev–Trinajstić information content (AvgIpc) is 3.38. The lowest BCUT2D eigenvalue weighted by molar-refractivity contribution is -0.113. The normalized spacial score (nSPS) is 11.4. The maximum Gasteiger partial charge on any atom is 0.251 e. The molecule has 2 amide bonds. The van der Waals surface area contributed by atoms with E-state index in [1.54, 1.807) is 47.0 Å². The van der Waals surface area contributed by atoms with Crippen molar-refractivity contribution >= 4 is 50.9 Å². The van der Waals surface area contributed by atoms with Crippen LogP contribution in [0.15, 0.2) is 82.8 Å². The molecule has 0 aliphatic carbocycles. The summed E-state index contributed by atoms with van der Waals surface area (Å²) in [6.45, 7) is 2.46. The van der Waals surface area contributed by atoms with Crippen molar-refractivity contribution in [3.05, 3.63) is 89.2 Å². The van der Waals surface area contributed by atoms with Gasteiger partial charge in [0.2, 0.25) is 15.9 Å². The SMILES string of the molecule is CCOc1ccc(NC(=O)CSc2nnc(CNC(=O)c3ccc(S(=O)(=O)N(C)C)cc3)n2-c2cccc(Cl)c2)cc1. The molecule has 14 heteroatoms. The van der Waals surface area contributed by atoms with E-state index < -0.39 is 15.9 Å². The third kappa shape index (κ3) is 7.68. The number of ether oxygens (including phenoxy) is 1. The van der Waals surface area contributed by atoms with E-state index >= 15 is 0 Å². The lowest BCUT2D eigenvalue weighted by Crippen LogP contribution is -2.25. The molecule has 0 bridgehead atoms. The predicted octanol–water partition coefficient (Wildman–Crippen LogP) is 4.23. The molecule has 4 aromatic rings. The quantitative estimate of drug-likeness (QED) is 0.223. The molecule has 0 unspecified atom stereocenters. The standard InChI is InChI=1S/C28H29ClN6O5S2/c1-4-40-23-12-10-21(11-13-23)31-26(36)18-41-28-33-32-25(35(28)22-7-5-6-20(29)16-22)17-30-27(37)19-8-14-24(15-9-19)42(38,39)34(2)3/h5-16H,4,17-18H2,1-3H3,(H,30,37)(H,31,36). The monoisotopic (exact) mass is 628 g/mol. The van der Waals surface area contributed by atoms with Gasteiger partial charge in [0.15, 0.2) is 11.0 Å². The second-order valence-corrected chi connectivity index (χ2v) is 12.5. The molecule has 0 aliphatic heterocycles. The Morgan fingerprint density at radius 3 is 2.38 bits per heavy atom. The fourth-order valence-electron chi connectivity index (χ4n) is 3.76. The molecule has 0 saturated heterocycles. The van der Waals surface area contributed by atoms with Crippen LogP contribution < -0.4 is 15.4 Å². The van der Waals surface area contributed by atoms with Crippen molar-refractivity contribution in [2.75, 3.05) is 31.8 Å². The second-order valence-electron chi connectivity index (χ2n) is 9.00. The molecule has 0 fully saturated rings. The zero-order valence-electron chi connectivity index (χ0n) is 23.1. The minimum Gasteiger partial charge on any atom is -0.494 e. The van der Waals surface area contributed by atoms with Crippen molar-refractivity contribution in [1.82, 2.24) is 24.4 Å². The summed E-state index contributed by atoms with van der Waals surface area (Å²) in [6.07, 6.45) is 0. The number of hydrogen-bond acceptors (Lipinski definition) is 8. The van der Waals surface area contributed by atoms with Gasteiger partial charge in [0.1, 0.15) is 5.75 Å². The highest BCUT2D eigenvalue weighted by atomic mass is 35.5. The maximum absolute atomic E-state index is 12.9. The van der Waals surface area contributed by atoms with Crippen LogP contribution in [-0.4, -0.2) is 65.8 Å². The van der Waals surface area contributed by atoms with Crippen molar-refractivity contribution in [1.29, 1.82) is 0 Å². The van der Waals surface area contributed by atoms with Gasteiger partial charge < -0.3 is 15.4 Å². The molecular formula is C28H29ClN6O5S2. The lowest BCUT2D eigenvalue weighted by atomic mass is 10.2. The Balaban J connectivity index is 1.46. The van der Waals surface area contributed by atoms with E-state index in [1.165, 1.54) is 50.1 Å². The number of nitrogens with zero attached hydrogens (tertiary/aromatic N) is 4. The number of anilines is 1. The highest BCUT2D eigenvalue weighted by Crippen LogP contribution is 2.25. The van der Waals surface area contributed by atoms with E-state index in [0.717, 1.165) is 4.31 Å².